The summed E-state index contributed by atoms with van der Waals surface area (Å²) >= 11 is 5.65. The number of anilines is 1. The second kappa shape index (κ2) is 5.88. The molecule has 8 heteroatoms. The Bertz CT molecular complexity index is 781. The molecule has 2 aromatic rings. The van der Waals surface area contributed by atoms with E-state index in [0.29, 0.717) is 0 Å². The van der Waals surface area contributed by atoms with Crippen molar-refractivity contribution in [3.63, 3.8) is 0 Å². The molecule has 0 aliphatic rings. The van der Waals surface area contributed by atoms with Crippen molar-refractivity contribution in [1.82, 2.24) is 4.72 Å². The molecule has 21 heavy (non-hydrogen) atoms. The smallest absolute Gasteiger partial charge is 0.242 e. The number of nitrogens with one attached hydrogen (secondary N) is 1. The first-order chi connectivity index (χ1) is 9.85. The van der Waals surface area contributed by atoms with Crippen molar-refractivity contribution in [2.75, 3.05) is 12.8 Å². The first kappa shape index (κ1) is 15.6. The highest BCUT2D eigenvalue weighted by Gasteiger charge is 2.16. The predicted octanol–water partition coefficient (Wildman–Crippen LogP) is 2.76. The normalized spacial score (nSPS) is 11.4. The average molecular weight is 331 g/mol. The zero-order valence-corrected chi connectivity index (χ0v) is 12.5. The summed E-state index contributed by atoms with van der Waals surface area (Å²) in [6.07, 6.45) is 0. The molecule has 0 aliphatic carbocycles. The summed E-state index contributed by atoms with van der Waals surface area (Å²) in [5.41, 5.74) is 5.68. The maximum Gasteiger partial charge on any atom is 0.242 e. The van der Waals surface area contributed by atoms with Crippen molar-refractivity contribution >= 4 is 27.3 Å². The van der Waals surface area contributed by atoms with Crippen LogP contribution in [0.1, 0.15) is 0 Å². The lowest BCUT2D eigenvalue weighted by Crippen LogP contribution is -2.19. The lowest BCUT2D eigenvalue weighted by atomic mass is 10.3. The van der Waals surface area contributed by atoms with Gasteiger partial charge in [-0.05, 0) is 31.3 Å². The standard InChI is InChI=1S/C13H12ClFN2O3S/c1-17-21(18,19)12-6-5-8(7-10(12)16)20-11-4-2-3-9(14)13(11)15/h2-7,17H,16H2,1H3. The second-order valence-corrected chi connectivity index (χ2v) is 6.32. The van der Waals surface area contributed by atoms with Crippen LogP contribution in [-0.2, 0) is 10.0 Å². The second-order valence-electron chi connectivity index (χ2n) is 4.06. The van der Waals surface area contributed by atoms with Crippen LogP contribution in [-0.4, -0.2) is 15.5 Å². The van der Waals surface area contributed by atoms with E-state index in [-0.39, 0.29) is 27.1 Å². The Labute approximate surface area is 126 Å². The summed E-state index contributed by atoms with van der Waals surface area (Å²) in [6, 6.07) is 8.27. The minimum atomic E-state index is -3.66. The molecule has 0 amide bonds. The van der Waals surface area contributed by atoms with E-state index in [1.165, 1.54) is 43.4 Å². The molecule has 2 aromatic carbocycles. The van der Waals surface area contributed by atoms with Crippen LogP contribution in [0.15, 0.2) is 41.3 Å². The number of benzene rings is 2. The van der Waals surface area contributed by atoms with Gasteiger partial charge in [-0.15, -0.1) is 0 Å². The molecule has 0 radical (unpaired) electrons. The Kier molecular flexibility index (Phi) is 4.36. The van der Waals surface area contributed by atoms with E-state index < -0.39 is 15.8 Å². The molecule has 0 atom stereocenters. The van der Waals surface area contributed by atoms with Gasteiger partial charge in [0, 0.05) is 6.07 Å². The van der Waals surface area contributed by atoms with Gasteiger partial charge in [-0.25, -0.2) is 17.5 Å². The van der Waals surface area contributed by atoms with Gasteiger partial charge in [0.05, 0.1) is 10.7 Å². The molecule has 0 aliphatic heterocycles. The van der Waals surface area contributed by atoms with Gasteiger partial charge in [-0.2, -0.15) is 0 Å². The fourth-order valence-corrected chi connectivity index (χ4v) is 2.64. The summed E-state index contributed by atoms with van der Waals surface area (Å²) < 4.78 is 44.6. The molecule has 0 aromatic heterocycles. The molecule has 112 valence electrons. The number of hydrogen-bond donors (Lipinski definition) is 2. The number of ether oxygens (including phenoxy) is 1. The van der Waals surface area contributed by atoms with Gasteiger partial charge in [-0.3, -0.25) is 0 Å². The van der Waals surface area contributed by atoms with E-state index >= 15 is 0 Å². The molecule has 2 rings (SSSR count). The lowest BCUT2D eigenvalue weighted by molar-refractivity contribution is 0.442. The third kappa shape index (κ3) is 3.26. The first-order valence-corrected chi connectivity index (χ1v) is 7.66. The molecule has 5 nitrogen and oxygen atoms in total. The molecular weight excluding hydrogens is 319 g/mol. The number of hydrogen-bond acceptors (Lipinski definition) is 4. The molecular formula is C13H12ClFN2O3S. The van der Waals surface area contributed by atoms with E-state index in [0.717, 1.165) is 0 Å². The van der Waals surface area contributed by atoms with Crippen LogP contribution in [0.4, 0.5) is 10.1 Å². The van der Waals surface area contributed by atoms with Crippen molar-refractivity contribution in [3.8, 4) is 11.5 Å². The summed E-state index contributed by atoms with van der Waals surface area (Å²) in [4.78, 5) is -0.0797. The fourth-order valence-electron chi connectivity index (χ4n) is 1.63. The third-order valence-corrected chi connectivity index (χ3v) is 4.46. The number of nitrogens with two attached hydrogens (primary N) is 1. The molecule has 0 spiro atoms. The van der Waals surface area contributed by atoms with Crippen LogP contribution in [0.2, 0.25) is 5.02 Å². The van der Waals surface area contributed by atoms with E-state index in [1.807, 2.05) is 0 Å². The lowest BCUT2D eigenvalue weighted by Gasteiger charge is -2.10. The maximum absolute atomic E-state index is 13.7. The zero-order valence-electron chi connectivity index (χ0n) is 10.9. The molecule has 0 saturated carbocycles. The summed E-state index contributed by atoms with van der Waals surface area (Å²) in [6.45, 7) is 0. The number of sulfonamides is 1. The summed E-state index contributed by atoms with van der Waals surface area (Å²) in [5.74, 6) is -0.584. The zero-order chi connectivity index (χ0) is 15.6. The van der Waals surface area contributed by atoms with Crippen LogP contribution in [0.25, 0.3) is 0 Å². The third-order valence-electron chi connectivity index (χ3n) is 2.68. The molecule has 0 bridgehead atoms. The number of nitrogen functional groups attached to an aromatic ring is 1. The van der Waals surface area contributed by atoms with Crippen LogP contribution in [0.5, 0.6) is 11.5 Å². The Balaban J connectivity index is 2.36. The van der Waals surface area contributed by atoms with Gasteiger partial charge in [0.2, 0.25) is 10.0 Å². The van der Waals surface area contributed by atoms with Crippen LogP contribution in [0, 0.1) is 5.82 Å². The fraction of sp³-hybridized carbons (Fsp3) is 0.0769. The van der Waals surface area contributed by atoms with Crippen LogP contribution in [0.3, 0.4) is 0 Å². The SMILES string of the molecule is CNS(=O)(=O)c1ccc(Oc2cccc(Cl)c2F)cc1N. The average Bonchev–Trinajstić information content (AvgIpc) is 2.44. The molecule has 0 heterocycles. The van der Waals surface area contributed by atoms with Crippen molar-refractivity contribution in [1.29, 1.82) is 0 Å². The quantitative estimate of drug-likeness (QED) is 0.845. The molecule has 3 N–H and O–H groups in total. The van der Waals surface area contributed by atoms with Gasteiger partial charge >= 0.3 is 0 Å². The Morgan fingerprint density at radius 1 is 1.29 bits per heavy atom. The largest absolute Gasteiger partial charge is 0.454 e. The van der Waals surface area contributed by atoms with E-state index in [4.69, 9.17) is 22.1 Å². The highest BCUT2D eigenvalue weighted by Crippen LogP contribution is 2.31. The van der Waals surface area contributed by atoms with E-state index in [9.17, 15) is 12.8 Å². The van der Waals surface area contributed by atoms with Gasteiger partial charge in [0.25, 0.3) is 0 Å². The number of rotatable bonds is 4. The van der Waals surface area contributed by atoms with Crippen molar-refractivity contribution in [3.05, 3.63) is 47.2 Å². The first-order valence-electron chi connectivity index (χ1n) is 5.80. The summed E-state index contributed by atoms with van der Waals surface area (Å²) in [5, 5.41) is -0.0742. The Morgan fingerprint density at radius 2 is 2.00 bits per heavy atom. The van der Waals surface area contributed by atoms with Gasteiger partial charge in [-0.1, -0.05) is 17.7 Å². The molecule has 0 saturated heterocycles. The monoisotopic (exact) mass is 330 g/mol. The van der Waals surface area contributed by atoms with Gasteiger partial charge in [0.15, 0.2) is 11.6 Å². The predicted molar refractivity (Wildman–Crippen MR) is 78.6 cm³/mol. The highest BCUT2D eigenvalue weighted by molar-refractivity contribution is 7.89. The summed E-state index contributed by atoms with van der Waals surface area (Å²) in [7, 11) is -2.38. The van der Waals surface area contributed by atoms with E-state index in [1.54, 1.807) is 0 Å². The van der Waals surface area contributed by atoms with Crippen LogP contribution >= 0.6 is 11.6 Å². The maximum atomic E-state index is 13.7. The highest BCUT2D eigenvalue weighted by atomic mass is 35.5. The van der Waals surface area contributed by atoms with Crippen molar-refractivity contribution < 1.29 is 17.5 Å². The topological polar surface area (TPSA) is 81.4 Å². The minimum absolute atomic E-state index is 0.00992. The van der Waals surface area contributed by atoms with Crippen molar-refractivity contribution in [2.45, 2.75) is 4.90 Å². The van der Waals surface area contributed by atoms with Gasteiger partial charge < -0.3 is 10.5 Å². The molecule has 0 fully saturated rings. The molecule has 0 unspecified atom stereocenters. The Morgan fingerprint density at radius 3 is 2.62 bits per heavy atom. The van der Waals surface area contributed by atoms with Crippen molar-refractivity contribution in [2.24, 2.45) is 0 Å². The minimum Gasteiger partial charge on any atom is -0.454 e. The van der Waals surface area contributed by atoms with Gasteiger partial charge in [0.1, 0.15) is 10.6 Å². The van der Waals surface area contributed by atoms with E-state index in [2.05, 4.69) is 4.72 Å². The van der Waals surface area contributed by atoms with Crippen LogP contribution < -0.4 is 15.2 Å². The Hall–Kier alpha value is -1.83. The number of halogens is 2.